The van der Waals surface area contributed by atoms with Crippen molar-refractivity contribution >= 4 is 33.2 Å². The predicted molar refractivity (Wildman–Crippen MR) is 71.1 cm³/mol. The van der Waals surface area contributed by atoms with Gasteiger partial charge in [-0.1, -0.05) is 23.7 Å². The van der Waals surface area contributed by atoms with Crippen LogP contribution < -0.4 is 0 Å². The Bertz CT molecular complexity index is 580. The maximum absolute atomic E-state index is 11.8. The number of esters is 1. The number of carbonyl (C=O) groups is 2. The van der Waals surface area contributed by atoms with Crippen LogP contribution in [0.15, 0.2) is 24.3 Å². The van der Waals surface area contributed by atoms with Crippen molar-refractivity contribution in [1.29, 1.82) is 0 Å². The maximum atomic E-state index is 11.8. The van der Waals surface area contributed by atoms with Crippen LogP contribution in [0.5, 0.6) is 0 Å². The van der Waals surface area contributed by atoms with Crippen LogP contribution in [-0.4, -0.2) is 38.3 Å². The zero-order chi connectivity index (χ0) is 14.5. The van der Waals surface area contributed by atoms with Gasteiger partial charge >= 0.3 is 5.97 Å². The third kappa shape index (κ3) is 5.40. The van der Waals surface area contributed by atoms with Crippen LogP contribution in [0.25, 0.3) is 0 Å². The number of benzene rings is 1. The van der Waals surface area contributed by atoms with Gasteiger partial charge in [-0.3, -0.25) is 9.59 Å². The highest BCUT2D eigenvalue weighted by molar-refractivity contribution is 7.92. The van der Waals surface area contributed by atoms with Crippen molar-refractivity contribution in [2.75, 3.05) is 18.1 Å². The largest absolute Gasteiger partial charge is 0.465 e. The van der Waals surface area contributed by atoms with E-state index in [4.69, 9.17) is 11.6 Å². The van der Waals surface area contributed by atoms with Crippen molar-refractivity contribution in [3.8, 4) is 0 Å². The van der Waals surface area contributed by atoms with Crippen LogP contribution in [-0.2, 0) is 19.4 Å². The van der Waals surface area contributed by atoms with Crippen LogP contribution in [0, 0.1) is 0 Å². The van der Waals surface area contributed by atoms with Gasteiger partial charge in [-0.15, -0.1) is 0 Å². The summed E-state index contributed by atoms with van der Waals surface area (Å²) in [5, 5.41) is 0.341. The average Bonchev–Trinajstić information content (AvgIpc) is 2.27. The molecule has 0 unspecified atom stereocenters. The molecule has 0 aliphatic heterocycles. The molecule has 0 atom stereocenters. The minimum Gasteiger partial charge on any atom is -0.465 e. The number of Topliss-reactive ketones (excluding diaryl/α,β-unsaturated/α-hetero) is 1. The lowest BCUT2D eigenvalue weighted by molar-refractivity contribution is -0.139. The summed E-state index contributed by atoms with van der Waals surface area (Å²) in [7, 11) is -3.83. The van der Waals surface area contributed by atoms with E-state index in [1.54, 1.807) is 19.1 Å². The molecular weight excluding hydrogens is 292 g/mol. The average molecular weight is 305 g/mol. The fraction of sp³-hybridized carbons (Fsp3) is 0.333. The number of sulfone groups is 1. The van der Waals surface area contributed by atoms with Gasteiger partial charge in [-0.05, 0) is 19.1 Å². The third-order valence-electron chi connectivity index (χ3n) is 2.14. The molecule has 0 saturated carbocycles. The highest BCUT2D eigenvalue weighted by atomic mass is 35.5. The Balaban J connectivity index is 2.73. The Morgan fingerprint density at radius 2 is 1.95 bits per heavy atom. The molecule has 0 fully saturated rings. The summed E-state index contributed by atoms with van der Waals surface area (Å²) >= 11 is 5.71. The summed E-state index contributed by atoms with van der Waals surface area (Å²) in [6.45, 7) is 1.66. The van der Waals surface area contributed by atoms with Gasteiger partial charge in [0.2, 0.25) is 0 Å². The van der Waals surface area contributed by atoms with Crippen molar-refractivity contribution in [1.82, 2.24) is 0 Å². The summed E-state index contributed by atoms with van der Waals surface area (Å²) in [5.74, 6) is -3.01. The van der Waals surface area contributed by atoms with Crippen molar-refractivity contribution in [3.63, 3.8) is 0 Å². The van der Waals surface area contributed by atoms with E-state index >= 15 is 0 Å². The number of carbonyl (C=O) groups excluding carboxylic acids is 2. The molecule has 0 aliphatic carbocycles. The monoisotopic (exact) mass is 304 g/mol. The number of rotatable bonds is 6. The lowest BCUT2D eigenvalue weighted by Gasteiger charge is -2.04. The zero-order valence-corrected chi connectivity index (χ0v) is 11.8. The molecule has 1 rings (SSSR count). The molecule has 1 aromatic rings. The predicted octanol–water partition coefficient (Wildman–Crippen LogP) is 1.50. The van der Waals surface area contributed by atoms with E-state index in [1.165, 1.54) is 12.1 Å². The summed E-state index contributed by atoms with van der Waals surface area (Å²) in [4.78, 5) is 22.9. The molecule has 19 heavy (non-hydrogen) atoms. The molecule has 0 spiro atoms. The molecule has 5 nitrogen and oxygen atoms in total. The Labute approximate surface area is 116 Å². The summed E-state index contributed by atoms with van der Waals surface area (Å²) in [5.41, 5.74) is 0.194. The minimum atomic E-state index is -3.83. The van der Waals surface area contributed by atoms with E-state index in [9.17, 15) is 18.0 Å². The molecule has 0 radical (unpaired) electrons. The van der Waals surface area contributed by atoms with Crippen molar-refractivity contribution < 1.29 is 22.7 Å². The Morgan fingerprint density at radius 3 is 2.53 bits per heavy atom. The smallest absolute Gasteiger partial charge is 0.321 e. The van der Waals surface area contributed by atoms with Gasteiger partial charge < -0.3 is 4.74 Å². The fourth-order valence-corrected chi connectivity index (χ4v) is 2.68. The molecule has 104 valence electrons. The van der Waals surface area contributed by atoms with Crippen LogP contribution >= 0.6 is 11.6 Å². The Morgan fingerprint density at radius 1 is 1.26 bits per heavy atom. The lowest BCUT2D eigenvalue weighted by atomic mass is 10.1. The fourth-order valence-electron chi connectivity index (χ4n) is 1.38. The second-order valence-electron chi connectivity index (χ2n) is 3.77. The first-order valence-electron chi connectivity index (χ1n) is 5.49. The van der Waals surface area contributed by atoms with E-state index in [2.05, 4.69) is 4.74 Å². The van der Waals surface area contributed by atoms with Gasteiger partial charge in [0.1, 0.15) is 11.5 Å². The topological polar surface area (TPSA) is 77.5 Å². The molecule has 0 bridgehead atoms. The van der Waals surface area contributed by atoms with Crippen LogP contribution in [0.4, 0.5) is 0 Å². The minimum absolute atomic E-state index is 0.0938. The zero-order valence-electron chi connectivity index (χ0n) is 10.3. The number of hydrogen-bond acceptors (Lipinski definition) is 5. The van der Waals surface area contributed by atoms with Crippen molar-refractivity contribution in [2.45, 2.75) is 6.92 Å². The van der Waals surface area contributed by atoms with E-state index in [0.29, 0.717) is 5.02 Å². The molecule has 0 heterocycles. The molecule has 0 amide bonds. The number of hydrogen-bond donors (Lipinski definition) is 0. The second kappa shape index (κ2) is 6.68. The van der Waals surface area contributed by atoms with Crippen molar-refractivity contribution in [2.24, 2.45) is 0 Å². The van der Waals surface area contributed by atoms with E-state index in [1.807, 2.05) is 0 Å². The number of halogens is 1. The van der Waals surface area contributed by atoms with Gasteiger partial charge in [0.15, 0.2) is 15.6 Å². The SMILES string of the molecule is CCOC(=O)CS(=O)(=O)CC(=O)c1cccc(Cl)c1. The van der Waals surface area contributed by atoms with Gasteiger partial charge in [0, 0.05) is 10.6 Å². The summed E-state index contributed by atoms with van der Waals surface area (Å²) in [6.07, 6.45) is 0. The Kier molecular flexibility index (Phi) is 5.50. The standard InChI is InChI=1S/C12H13ClO5S/c1-2-18-12(15)8-19(16,17)7-11(14)9-4-3-5-10(13)6-9/h3-6H,2,7-8H2,1H3. The van der Waals surface area contributed by atoms with E-state index in [0.717, 1.165) is 0 Å². The van der Waals surface area contributed by atoms with Crippen LogP contribution in [0.3, 0.4) is 0 Å². The summed E-state index contributed by atoms with van der Waals surface area (Å²) < 4.78 is 27.8. The third-order valence-corrected chi connectivity index (χ3v) is 3.75. The highest BCUT2D eigenvalue weighted by Gasteiger charge is 2.22. The number of ketones is 1. The summed E-state index contributed by atoms with van der Waals surface area (Å²) in [6, 6.07) is 5.97. The first kappa shape index (κ1) is 15.7. The van der Waals surface area contributed by atoms with E-state index < -0.39 is 33.1 Å². The van der Waals surface area contributed by atoms with Gasteiger partial charge in [-0.2, -0.15) is 0 Å². The normalized spacial score (nSPS) is 11.1. The highest BCUT2D eigenvalue weighted by Crippen LogP contribution is 2.12. The molecule has 1 aromatic carbocycles. The number of ether oxygens (including phenoxy) is 1. The molecule has 7 heteroatoms. The van der Waals surface area contributed by atoms with Crippen LogP contribution in [0.2, 0.25) is 5.02 Å². The molecule has 0 N–H and O–H groups in total. The molecule has 0 aliphatic rings. The molecule has 0 aromatic heterocycles. The first-order valence-corrected chi connectivity index (χ1v) is 7.69. The molecule has 0 saturated heterocycles. The van der Waals surface area contributed by atoms with Crippen molar-refractivity contribution in [3.05, 3.63) is 34.9 Å². The van der Waals surface area contributed by atoms with Gasteiger partial charge in [0.25, 0.3) is 0 Å². The van der Waals surface area contributed by atoms with Crippen LogP contribution in [0.1, 0.15) is 17.3 Å². The second-order valence-corrected chi connectivity index (χ2v) is 6.27. The first-order chi connectivity index (χ1) is 8.84. The maximum Gasteiger partial charge on any atom is 0.321 e. The van der Waals surface area contributed by atoms with E-state index in [-0.39, 0.29) is 12.2 Å². The molecular formula is C12H13ClO5S. The van der Waals surface area contributed by atoms with Gasteiger partial charge in [0.05, 0.1) is 6.61 Å². The lowest BCUT2D eigenvalue weighted by Crippen LogP contribution is -2.25. The quantitative estimate of drug-likeness (QED) is 0.588. The van der Waals surface area contributed by atoms with Gasteiger partial charge in [-0.25, -0.2) is 8.42 Å². The Hall–Kier alpha value is -1.40.